The molecule has 0 saturated heterocycles. The van der Waals surface area contributed by atoms with Gasteiger partial charge in [0.25, 0.3) is 10.1 Å². The van der Waals surface area contributed by atoms with Crippen LogP contribution in [0.5, 0.6) is 0 Å². The molecule has 2 aromatic rings. The van der Waals surface area contributed by atoms with Crippen LogP contribution in [0.4, 0.5) is 4.39 Å². The van der Waals surface area contributed by atoms with E-state index in [2.05, 4.69) is 0 Å². The molecule has 0 unspecified atom stereocenters. The van der Waals surface area contributed by atoms with Gasteiger partial charge in [0.15, 0.2) is 0 Å². The van der Waals surface area contributed by atoms with Gasteiger partial charge < -0.3 is 5.73 Å². The van der Waals surface area contributed by atoms with Crippen LogP contribution in [0.2, 0.25) is 0 Å². The molecule has 2 rings (SSSR count). The van der Waals surface area contributed by atoms with Crippen LogP contribution in [-0.2, 0) is 21.3 Å². The van der Waals surface area contributed by atoms with Gasteiger partial charge in [0.2, 0.25) is 5.91 Å². The number of carbonyl (C=O) groups excluding carboxylic acids is 1. The second-order valence-electron chi connectivity index (χ2n) is 5.78. The van der Waals surface area contributed by atoms with Crippen molar-refractivity contribution in [3.63, 3.8) is 0 Å². The van der Waals surface area contributed by atoms with Gasteiger partial charge in [0.05, 0.1) is 6.26 Å². The number of amides is 1. The van der Waals surface area contributed by atoms with E-state index in [0.717, 1.165) is 29.5 Å². The van der Waals surface area contributed by atoms with E-state index in [1.807, 2.05) is 37.3 Å². The fourth-order valence-corrected chi connectivity index (χ4v) is 2.06. The lowest BCUT2D eigenvalue weighted by atomic mass is 9.98. The Morgan fingerprint density at radius 2 is 1.72 bits per heavy atom. The zero-order chi connectivity index (χ0) is 19.0. The summed E-state index contributed by atoms with van der Waals surface area (Å²) in [6.07, 6.45) is 2.27. The van der Waals surface area contributed by atoms with E-state index >= 15 is 0 Å². The first-order valence-electron chi connectivity index (χ1n) is 7.63. The molecule has 0 heterocycles. The maximum Gasteiger partial charge on any atom is 0.261 e. The molecule has 3 N–H and O–H groups in total. The molecule has 1 atom stereocenters. The number of carbonyl (C=O) groups is 1. The molecule has 5 nitrogen and oxygen atoms in total. The first kappa shape index (κ1) is 20.8. The van der Waals surface area contributed by atoms with Crippen LogP contribution in [0.1, 0.15) is 18.9 Å². The molecule has 0 aliphatic heterocycles. The van der Waals surface area contributed by atoms with Crippen LogP contribution in [0.25, 0.3) is 11.1 Å². The highest BCUT2D eigenvalue weighted by atomic mass is 32.2. The average molecular weight is 367 g/mol. The molecule has 0 spiro atoms. The summed E-state index contributed by atoms with van der Waals surface area (Å²) in [6.45, 7) is 1.84. The highest BCUT2D eigenvalue weighted by Crippen LogP contribution is 2.21. The minimum atomic E-state index is -3.67. The lowest BCUT2D eigenvalue weighted by Crippen LogP contribution is -2.20. The van der Waals surface area contributed by atoms with Crippen molar-refractivity contribution < 1.29 is 22.2 Å². The second-order valence-corrected chi connectivity index (χ2v) is 7.25. The first-order chi connectivity index (χ1) is 11.6. The highest BCUT2D eigenvalue weighted by Gasteiger charge is 2.08. The SMILES string of the molecule is CS(=O)(=O)O.C[C@@H](CCc1ccc(-c2cccc(F)c2)cc1)C(N)=O. The zero-order valence-electron chi connectivity index (χ0n) is 14.1. The quantitative estimate of drug-likeness (QED) is 0.794. The summed E-state index contributed by atoms with van der Waals surface area (Å²) in [5, 5.41) is 0. The Balaban J connectivity index is 0.000000550. The van der Waals surface area contributed by atoms with E-state index in [4.69, 9.17) is 10.3 Å². The summed E-state index contributed by atoms with van der Waals surface area (Å²) >= 11 is 0. The highest BCUT2D eigenvalue weighted by molar-refractivity contribution is 7.85. The topological polar surface area (TPSA) is 97.5 Å². The standard InChI is InChI=1S/C17H18FNO.CH4O3S/c1-12(17(19)20)5-6-13-7-9-14(10-8-13)15-3-2-4-16(18)11-15;1-5(2,3)4/h2-4,7-12H,5-6H2,1H3,(H2,19,20);1H3,(H,2,3,4)/t12-;/m0./s1. The molecule has 0 bridgehead atoms. The maximum atomic E-state index is 13.2. The Bertz CT molecular complexity index is 796. The summed E-state index contributed by atoms with van der Waals surface area (Å²) in [5.74, 6) is -0.610. The van der Waals surface area contributed by atoms with Crippen molar-refractivity contribution in [3.8, 4) is 11.1 Å². The first-order valence-corrected chi connectivity index (χ1v) is 9.47. The number of aryl methyl sites for hydroxylation is 1. The molecule has 0 radical (unpaired) electrons. The minimum absolute atomic E-state index is 0.113. The largest absolute Gasteiger partial charge is 0.369 e. The molecule has 0 saturated carbocycles. The van der Waals surface area contributed by atoms with E-state index in [1.54, 1.807) is 6.07 Å². The molecule has 136 valence electrons. The van der Waals surface area contributed by atoms with Crippen LogP contribution in [0.15, 0.2) is 48.5 Å². The van der Waals surface area contributed by atoms with Crippen LogP contribution < -0.4 is 5.73 Å². The lowest BCUT2D eigenvalue weighted by molar-refractivity contribution is -0.121. The number of hydrogen-bond acceptors (Lipinski definition) is 3. The number of hydrogen-bond donors (Lipinski definition) is 2. The number of benzene rings is 2. The van der Waals surface area contributed by atoms with Gasteiger partial charge in [-0.1, -0.05) is 43.3 Å². The number of primary amides is 1. The Labute approximate surface area is 147 Å². The fourth-order valence-electron chi connectivity index (χ4n) is 2.06. The normalized spacial score (nSPS) is 12.0. The van der Waals surface area contributed by atoms with Crippen molar-refractivity contribution in [2.75, 3.05) is 6.26 Å². The van der Waals surface area contributed by atoms with Crippen molar-refractivity contribution in [1.82, 2.24) is 0 Å². The number of halogens is 1. The van der Waals surface area contributed by atoms with Crippen LogP contribution >= 0.6 is 0 Å². The Kier molecular flexibility index (Phi) is 7.73. The summed E-state index contributed by atoms with van der Waals surface area (Å²) in [6, 6.07) is 14.5. The summed E-state index contributed by atoms with van der Waals surface area (Å²) in [7, 11) is -3.67. The molecule has 2 aromatic carbocycles. The predicted octanol–water partition coefficient (Wildman–Crippen LogP) is 3.05. The summed E-state index contributed by atoms with van der Waals surface area (Å²) < 4.78 is 39.0. The predicted molar refractivity (Wildman–Crippen MR) is 96.0 cm³/mol. The van der Waals surface area contributed by atoms with Gasteiger partial charge in [0.1, 0.15) is 5.82 Å². The van der Waals surface area contributed by atoms with Crippen molar-refractivity contribution >= 4 is 16.0 Å². The van der Waals surface area contributed by atoms with Gasteiger partial charge in [-0.3, -0.25) is 9.35 Å². The Hall–Kier alpha value is -2.25. The fraction of sp³-hybridized carbons (Fsp3) is 0.278. The van der Waals surface area contributed by atoms with E-state index in [9.17, 15) is 17.6 Å². The van der Waals surface area contributed by atoms with Gasteiger partial charge >= 0.3 is 0 Å². The van der Waals surface area contributed by atoms with Crippen LogP contribution in [-0.4, -0.2) is 25.1 Å². The van der Waals surface area contributed by atoms with E-state index in [0.29, 0.717) is 6.26 Å². The van der Waals surface area contributed by atoms with Crippen LogP contribution in [0, 0.1) is 11.7 Å². The molecule has 0 fully saturated rings. The molecule has 0 aliphatic rings. The minimum Gasteiger partial charge on any atom is -0.369 e. The van der Waals surface area contributed by atoms with Crippen molar-refractivity contribution in [2.24, 2.45) is 11.7 Å². The molecular formula is C18H22FNO4S. The van der Waals surface area contributed by atoms with E-state index in [1.165, 1.54) is 12.1 Å². The van der Waals surface area contributed by atoms with Gasteiger partial charge in [-0.15, -0.1) is 0 Å². The van der Waals surface area contributed by atoms with Crippen molar-refractivity contribution in [3.05, 3.63) is 59.9 Å². The van der Waals surface area contributed by atoms with Crippen molar-refractivity contribution in [2.45, 2.75) is 19.8 Å². The van der Waals surface area contributed by atoms with Crippen molar-refractivity contribution in [1.29, 1.82) is 0 Å². The van der Waals surface area contributed by atoms with E-state index in [-0.39, 0.29) is 17.6 Å². The summed E-state index contributed by atoms with van der Waals surface area (Å²) in [4.78, 5) is 11.0. The zero-order valence-corrected chi connectivity index (χ0v) is 15.0. The Morgan fingerprint density at radius 3 is 2.20 bits per heavy atom. The maximum absolute atomic E-state index is 13.2. The molecular weight excluding hydrogens is 345 g/mol. The third-order valence-electron chi connectivity index (χ3n) is 3.46. The Morgan fingerprint density at radius 1 is 1.16 bits per heavy atom. The molecule has 25 heavy (non-hydrogen) atoms. The lowest BCUT2D eigenvalue weighted by Gasteiger charge is -2.08. The smallest absolute Gasteiger partial charge is 0.261 e. The van der Waals surface area contributed by atoms with Gasteiger partial charge in [-0.2, -0.15) is 8.42 Å². The van der Waals surface area contributed by atoms with Gasteiger partial charge in [-0.25, -0.2) is 4.39 Å². The van der Waals surface area contributed by atoms with E-state index < -0.39 is 10.1 Å². The third kappa shape index (κ3) is 8.97. The second kappa shape index (κ2) is 9.29. The monoisotopic (exact) mass is 367 g/mol. The third-order valence-corrected chi connectivity index (χ3v) is 3.46. The van der Waals surface area contributed by atoms with Gasteiger partial charge in [0, 0.05) is 5.92 Å². The van der Waals surface area contributed by atoms with Gasteiger partial charge in [-0.05, 0) is 41.7 Å². The molecule has 0 aliphatic carbocycles. The molecule has 0 aromatic heterocycles. The number of rotatable bonds is 5. The molecule has 1 amide bonds. The summed E-state index contributed by atoms with van der Waals surface area (Å²) in [5.41, 5.74) is 8.24. The average Bonchev–Trinajstić information content (AvgIpc) is 2.51. The molecule has 7 heteroatoms. The number of nitrogens with two attached hydrogens (primary N) is 1. The van der Waals surface area contributed by atoms with Crippen LogP contribution in [0.3, 0.4) is 0 Å².